The monoisotopic (exact) mass is 389 g/mol. The zero-order valence-corrected chi connectivity index (χ0v) is 15.9. The van der Waals surface area contributed by atoms with Crippen molar-refractivity contribution in [1.82, 2.24) is 4.72 Å². The molecule has 0 heterocycles. The van der Waals surface area contributed by atoms with Gasteiger partial charge in [0.1, 0.15) is 5.75 Å². The first-order valence-corrected chi connectivity index (χ1v) is 10.2. The number of amides is 1. The maximum Gasteiger partial charge on any atom is 0.240 e. The van der Waals surface area contributed by atoms with Crippen molar-refractivity contribution in [3.05, 3.63) is 48.0 Å². The van der Waals surface area contributed by atoms with Crippen molar-refractivity contribution < 1.29 is 17.9 Å². The van der Waals surface area contributed by atoms with Crippen molar-refractivity contribution in [2.45, 2.75) is 36.6 Å². The predicted molar refractivity (Wildman–Crippen MR) is 104 cm³/mol. The van der Waals surface area contributed by atoms with Gasteiger partial charge in [-0.2, -0.15) is 0 Å². The Balaban J connectivity index is 1.71. The normalized spacial score (nSPS) is 14.0. The van der Waals surface area contributed by atoms with Crippen molar-refractivity contribution in [1.29, 1.82) is 0 Å². The van der Waals surface area contributed by atoms with E-state index in [1.807, 2.05) is 18.2 Å². The number of benzene rings is 2. The van der Waals surface area contributed by atoms with Gasteiger partial charge in [-0.25, -0.2) is 13.1 Å². The smallest absolute Gasteiger partial charge is 0.240 e. The molecule has 7 nitrogen and oxygen atoms in total. The van der Waals surface area contributed by atoms with Crippen LogP contribution in [-0.4, -0.2) is 27.5 Å². The summed E-state index contributed by atoms with van der Waals surface area (Å²) >= 11 is 0. The number of carbonyl (C=O) groups excluding carboxylic acids is 1. The van der Waals surface area contributed by atoms with E-state index in [4.69, 9.17) is 10.5 Å². The van der Waals surface area contributed by atoms with E-state index in [1.165, 1.54) is 25.3 Å². The van der Waals surface area contributed by atoms with Crippen molar-refractivity contribution >= 4 is 27.3 Å². The third kappa shape index (κ3) is 4.99. The summed E-state index contributed by atoms with van der Waals surface area (Å²) in [5, 5.41) is 2.74. The fourth-order valence-corrected chi connectivity index (χ4v) is 3.99. The van der Waals surface area contributed by atoms with Gasteiger partial charge in [0.05, 0.1) is 17.7 Å². The van der Waals surface area contributed by atoms with Crippen molar-refractivity contribution in [3.8, 4) is 5.75 Å². The molecule has 4 N–H and O–H groups in total. The number of rotatable bonds is 8. The van der Waals surface area contributed by atoms with Crippen LogP contribution in [0.2, 0.25) is 0 Å². The minimum absolute atomic E-state index is 0.00599. The fraction of sp³-hybridized carbons (Fsp3) is 0.316. The van der Waals surface area contributed by atoms with Crippen LogP contribution in [0.5, 0.6) is 5.75 Å². The average Bonchev–Trinajstić information content (AvgIpc) is 3.44. The van der Waals surface area contributed by atoms with Crippen LogP contribution in [0.25, 0.3) is 0 Å². The fourth-order valence-electron chi connectivity index (χ4n) is 2.66. The van der Waals surface area contributed by atoms with Gasteiger partial charge < -0.3 is 15.8 Å². The van der Waals surface area contributed by atoms with Crippen LogP contribution in [0, 0.1) is 0 Å². The summed E-state index contributed by atoms with van der Waals surface area (Å²) in [4.78, 5) is 12.4. The molecule has 0 bridgehead atoms. The number of hydrogen-bond donors (Lipinski definition) is 3. The molecule has 1 amide bonds. The molecule has 2 aromatic rings. The summed E-state index contributed by atoms with van der Waals surface area (Å²) in [6.45, 7) is 0. The van der Waals surface area contributed by atoms with Crippen LogP contribution in [0.4, 0.5) is 11.4 Å². The van der Waals surface area contributed by atoms with Gasteiger partial charge in [-0.1, -0.05) is 18.2 Å². The summed E-state index contributed by atoms with van der Waals surface area (Å²) in [5.74, 6) is 0.147. The number of carbonyl (C=O) groups is 1. The van der Waals surface area contributed by atoms with Gasteiger partial charge >= 0.3 is 0 Å². The number of anilines is 2. The molecule has 144 valence electrons. The number of nitrogen functional groups attached to an aromatic ring is 1. The van der Waals surface area contributed by atoms with Crippen LogP contribution >= 0.6 is 0 Å². The van der Waals surface area contributed by atoms with Gasteiger partial charge in [0.15, 0.2) is 0 Å². The summed E-state index contributed by atoms with van der Waals surface area (Å²) in [6.07, 6.45) is 2.40. The lowest BCUT2D eigenvalue weighted by Crippen LogP contribution is -2.26. The second-order valence-corrected chi connectivity index (χ2v) is 8.22. The van der Waals surface area contributed by atoms with Crippen molar-refractivity contribution in [3.63, 3.8) is 0 Å². The number of nitrogens with one attached hydrogen (secondary N) is 2. The number of methoxy groups -OCH3 is 1. The van der Waals surface area contributed by atoms with E-state index in [0.29, 0.717) is 23.5 Å². The van der Waals surface area contributed by atoms with Gasteiger partial charge in [-0.05, 0) is 49.1 Å². The van der Waals surface area contributed by atoms with E-state index in [1.54, 1.807) is 6.07 Å². The van der Waals surface area contributed by atoms with Gasteiger partial charge in [0.2, 0.25) is 15.9 Å². The summed E-state index contributed by atoms with van der Waals surface area (Å²) < 4.78 is 32.6. The quantitative estimate of drug-likeness (QED) is 0.600. The van der Waals surface area contributed by atoms with E-state index in [9.17, 15) is 13.2 Å². The molecule has 0 aromatic heterocycles. The number of sulfonamides is 1. The highest BCUT2D eigenvalue weighted by molar-refractivity contribution is 7.89. The summed E-state index contributed by atoms with van der Waals surface area (Å²) in [6, 6.07) is 11.8. The SMILES string of the molecule is COc1ccc(S(=O)(=O)NC2CC2)cc1NC(=O)CCc1ccccc1N. The Morgan fingerprint density at radius 2 is 1.96 bits per heavy atom. The van der Waals surface area contributed by atoms with E-state index in [2.05, 4.69) is 10.0 Å². The molecule has 8 heteroatoms. The van der Waals surface area contributed by atoms with Gasteiger partial charge in [-0.3, -0.25) is 4.79 Å². The molecule has 3 rings (SSSR count). The Labute approximate surface area is 159 Å². The number of aryl methyl sites for hydroxylation is 1. The lowest BCUT2D eigenvalue weighted by molar-refractivity contribution is -0.116. The third-order valence-corrected chi connectivity index (χ3v) is 5.85. The zero-order chi connectivity index (χ0) is 19.4. The second-order valence-electron chi connectivity index (χ2n) is 6.50. The molecule has 27 heavy (non-hydrogen) atoms. The molecule has 0 spiro atoms. The number of nitrogens with two attached hydrogens (primary N) is 1. The van der Waals surface area contributed by atoms with Crippen LogP contribution in [0.1, 0.15) is 24.8 Å². The molecule has 1 saturated carbocycles. The minimum Gasteiger partial charge on any atom is -0.495 e. The van der Waals surface area contributed by atoms with Crippen molar-refractivity contribution in [2.75, 3.05) is 18.2 Å². The molecule has 1 fully saturated rings. The first-order chi connectivity index (χ1) is 12.9. The molecule has 0 unspecified atom stereocenters. The predicted octanol–water partition coefficient (Wildman–Crippen LogP) is 2.29. The highest BCUT2D eigenvalue weighted by atomic mass is 32.2. The first-order valence-electron chi connectivity index (χ1n) is 8.72. The third-order valence-electron chi connectivity index (χ3n) is 4.33. The summed E-state index contributed by atoms with van der Waals surface area (Å²) in [7, 11) is -2.15. The highest BCUT2D eigenvalue weighted by Crippen LogP contribution is 2.29. The van der Waals surface area contributed by atoms with Crippen LogP contribution < -0.4 is 20.5 Å². The van der Waals surface area contributed by atoms with Gasteiger partial charge in [0.25, 0.3) is 0 Å². The topological polar surface area (TPSA) is 111 Å². The maximum atomic E-state index is 12.4. The first kappa shape index (κ1) is 19.2. The molecule has 0 aliphatic heterocycles. The molecular formula is C19H23N3O4S. The number of ether oxygens (including phenoxy) is 1. The van der Waals surface area contributed by atoms with Gasteiger partial charge in [0, 0.05) is 18.2 Å². The van der Waals surface area contributed by atoms with Gasteiger partial charge in [-0.15, -0.1) is 0 Å². The van der Waals surface area contributed by atoms with E-state index >= 15 is 0 Å². The van der Waals surface area contributed by atoms with Crippen LogP contribution in [-0.2, 0) is 21.2 Å². The molecule has 0 radical (unpaired) electrons. The van der Waals surface area contributed by atoms with Crippen LogP contribution in [0.3, 0.4) is 0 Å². The lowest BCUT2D eigenvalue weighted by atomic mass is 10.1. The Bertz CT molecular complexity index is 940. The molecule has 0 atom stereocenters. The van der Waals surface area contributed by atoms with E-state index in [-0.39, 0.29) is 23.3 Å². The molecule has 2 aromatic carbocycles. The Morgan fingerprint density at radius 3 is 2.63 bits per heavy atom. The Kier molecular flexibility index (Phi) is 5.67. The molecular weight excluding hydrogens is 366 g/mol. The Morgan fingerprint density at radius 1 is 1.22 bits per heavy atom. The standard InChI is InChI=1S/C19H23N3O4S/c1-26-18-10-9-15(27(24,25)22-14-7-8-14)12-17(18)21-19(23)11-6-13-4-2-3-5-16(13)20/h2-5,9-10,12,14,22H,6-8,11,20H2,1H3,(H,21,23). The molecule has 1 aliphatic carbocycles. The molecule has 0 saturated heterocycles. The highest BCUT2D eigenvalue weighted by Gasteiger charge is 2.28. The number of para-hydroxylation sites is 1. The average molecular weight is 389 g/mol. The largest absolute Gasteiger partial charge is 0.495 e. The lowest BCUT2D eigenvalue weighted by Gasteiger charge is -2.13. The Hall–Kier alpha value is -2.58. The zero-order valence-electron chi connectivity index (χ0n) is 15.1. The van der Waals surface area contributed by atoms with Crippen molar-refractivity contribution in [2.24, 2.45) is 0 Å². The maximum absolute atomic E-state index is 12.4. The minimum atomic E-state index is -3.61. The van der Waals surface area contributed by atoms with E-state index < -0.39 is 10.0 Å². The molecule has 1 aliphatic rings. The summed E-state index contributed by atoms with van der Waals surface area (Å²) in [5.41, 5.74) is 7.75. The number of hydrogen-bond acceptors (Lipinski definition) is 5. The second kappa shape index (κ2) is 7.98. The van der Waals surface area contributed by atoms with E-state index in [0.717, 1.165) is 18.4 Å². The van der Waals surface area contributed by atoms with Crippen LogP contribution in [0.15, 0.2) is 47.4 Å².